The first-order valence-electron chi connectivity index (χ1n) is 6.76. The number of unbranched alkanes of at least 4 members (excludes halogenated alkanes) is 2. The van der Waals surface area contributed by atoms with E-state index in [2.05, 4.69) is 40.3 Å². The molecule has 0 aliphatic heterocycles. The van der Waals surface area contributed by atoms with Gasteiger partial charge >= 0.3 is 0 Å². The standard InChI is InChI=1S/C14H28S/c1-5-6-7-8-12-9-13(11(4)15)14(12)10(2)3/h10-15H,5-9H2,1-4H3. The zero-order valence-electron chi connectivity index (χ0n) is 10.9. The molecular weight excluding hydrogens is 200 g/mol. The summed E-state index contributed by atoms with van der Waals surface area (Å²) in [5.41, 5.74) is 0. The third kappa shape index (κ3) is 3.41. The molecule has 90 valence electrons. The number of hydrogen-bond donors (Lipinski definition) is 1. The zero-order chi connectivity index (χ0) is 11.4. The summed E-state index contributed by atoms with van der Waals surface area (Å²) in [6.07, 6.45) is 7.12. The predicted molar refractivity (Wildman–Crippen MR) is 72.5 cm³/mol. The highest BCUT2D eigenvalue weighted by Gasteiger charge is 2.43. The van der Waals surface area contributed by atoms with Crippen LogP contribution in [0.25, 0.3) is 0 Å². The SMILES string of the molecule is CCCCCC1CC(C(C)S)C1C(C)C. The highest BCUT2D eigenvalue weighted by Crippen LogP contribution is 2.50. The van der Waals surface area contributed by atoms with Crippen molar-refractivity contribution < 1.29 is 0 Å². The Morgan fingerprint density at radius 1 is 1.20 bits per heavy atom. The molecule has 0 aromatic rings. The second-order valence-corrected chi connectivity index (χ2v) is 6.53. The molecule has 0 nitrogen and oxygen atoms in total. The molecule has 1 heteroatoms. The molecule has 0 spiro atoms. The minimum absolute atomic E-state index is 0.597. The van der Waals surface area contributed by atoms with Crippen molar-refractivity contribution in [2.45, 2.75) is 65.0 Å². The van der Waals surface area contributed by atoms with Gasteiger partial charge in [0.2, 0.25) is 0 Å². The Bertz CT molecular complexity index is 174. The van der Waals surface area contributed by atoms with Gasteiger partial charge in [-0.05, 0) is 30.1 Å². The minimum atomic E-state index is 0.597. The van der Waals surface area contributed by atoms with Crippen LogP contribution in [-0.2, 0) is 0 Å². The highest BCUT2D eigenvalue weighted by atomic mass is 32.1. The Hall–Kier alpha value is 0.350. The number of rotatable bonds is 6. The van der Waals surface area contributed by atoms with Crippen LogP contribution in [0.3, 0.4) is 0 Å². The first kappa shape index (κ1) is 13.4. The van der Waals surface area contributed by atoms with Gasteiger partial charge in [-0.1, -0.05) is 53.4 Å². The summed E-state index contributed by atoms with van der Waals surface area (Å²) in [6, 6.07) is 0. The van der Waals surface area contributed by atoms with Crippen LogP contribution in [0.4, 0.5) is 0 Å². The highest BCUT2D eigenvalue weighted by molar-refractivity contribution is 7.80. The molecule has 0 N–H and O–H groups in total. The molecule has 1 aliphatic carbocycles. The molecule has 1 saturated carbocycles. The van der Waals surface area contributed by atoms with Gasteiger partial charge in [-0.25, -0.2) is 0 Å². The Kier molecular flexibility index (Phi) is 5.52. The molecule has 4 unspecified atom stereocenters. The van der Waals surface area contributed by atoms with E-state index >= 15 is 0 Å². The van der Waals surface area contributed by atoms with Gasteiger partial charge in [-0.3, -0.25) is 0 Å². The molecule has 0 aromatic heterocycles. The third-order valence-corrected chi connectivity index (χ3v) is 4.56. The fraction of sp³-hybridized carbons (Fsp3) is 1.00. The molecule has 15 heavy (non-hydrogen) atoms. The van der Waals surface area contributed by atoms with Gasteiger partial charge in [-0.15, -0.1) is 0 Å². The van der Waals surface area contributed by atoms with Crippen molar-refractivity contribution in [1.82, 2.24) is 0 Å². The maximum Gasteiger partial charge on any atom is 0.00196 e. The van der Waals surface area contributed by atoms with E-state index in [1.165, 1.54) is 32.1 Å². The monoisotopic (exact) mass is 228 g/mol. The number of hydrogen-bond acceptors (Lipinski definition) is 1. The van der Waals surface area contributed by atoms with Gasteiger partial charge < -0.3 is 0 Å². The lowest BCUT2D eigenvalue weighted by Gasteiger charge is -2.49. The molecule has 1 rings (SSSR count). The number of thiol groups is 1. The zero-order valence-corrected chi connectivity index (χ0v) is 11.8. The quantitative estimate of drug-likeness (QED) is 0.490. The van der Waals surface area contributed by atoms with Gasteiger partial charge in [0.25, 0.3) is 0 Å². The van der Waals surface area contributed by atoms with Gasteiger partial charge in [0.05, 0.1) is 0 Å². The van der Waals surface area contributed by atoms with Crippen LogP contribution in [0.5, 0.6) is 0 Å². The van der Waals surface area contributed by atoms with Crippen molar-refractivity contribution in [2.24, 2.45) is 23.7 Å². The molecular formula is C14H28S. The summed E-state index contributed by atoms with van der Waals surface area (Å²) >= 11 is 4.63. The van der Waals surface area contributed by atoms with E-state index in [0.29, 0.717) is 5.25 Å². The molecule has 0 radical (unpaired) electrons. The van der Waals surface area contributed by atoms with Crippen LogP contribution in [0.2, 0.25) is 0 Å². The average molecular weight is 228 g/mol. The summed E-state index contributed by atoms with van der Waals surface area (Å²) in [4.78, 5) is 0. The smallest absolute Gasteiger partial charge is 0.00196 e. The van der Waals surface area contributed by atoms with Crippen molar-refractivity contribution in [3.63, 3.8) is 0 Å². The van der Waals surface area contributed by atoms with Crippen LogP contribution in [0, 0.1) is 23.7 Å². The molecule has 0 saturated heterocycles. The first-order valence-corrected chi connectivity index (χ1v) is 7.27. The molecule has 0 amide bonds. The lowest BCUT2D eigenvalue weighted by atomic mass is 9.58. The molecule has 1 fully saturated rings. The summed E-state index contributed by atoms with van der Waals surface area (Å²) in [5, 5.41) is 0.597. The van der Waals surface area contributed by atoms with Crippen molar-refractivity contribution in [3.8, 4) is 0 Å². The summed E-state index contributed by atoms with van der Waals surface area (Å²) in [7, 11) is 0. The van der Waals surface area contributed by atoms with E-state index in [1.807, 2.05) is 0 Å². The van der Waals surface area contributed by atoms with Crippen LogP contribution in [0.1, 0.15) is 59.8 Å². The largest absolute Gasteiger partial charge is 0.176 e. The normalized spacial score (nSPS) is 32.8. The molecule has 0 heterocycles. The van der Waals surface area contributed by atoms with Crippen LogP contribution in [-0.4, -0.2) is 5.25 Å². The van der Waals surface area contributed by atoms with Gasteiger partial charge in [0.1, 0.15) is 0 Å². The van der Waals surface area contributed by atoms with Crippen molar-refractivity contribution in [3.05, 3.63) is 0 Å². The minimum Gasteiger partial charge on any atom is -0.176 e. The second-order valence-electron chi connectivity index (χ2n) is 5.72. The van der Waals surface area contributed by atoms with E-state index in [-0.39, 0.29) is 0 Å². The third-order valence-electron chi connectivity index (χ3n) is 4.18. The topological polar surface area (TPSA) is 0 Å². The molecule has 4 atom stereocenters. The van der Waals surface area contributed by atoms with Crippen molar-refractivity contribution >= 4 is 12.6 Å². The molecule has 0 aromatic carbocycles. The maximum atomic E-state index is 4.63. The van der Waals surface area contributed by atoms with Crippen LogP contribution in [0.15, 0.2) is 0 Å². The Balaban J connectivity index is 2.35. The van der Waals surface area contributed by atoms with E-state index in [4.69, 9.17) is 0 Å². The summed E-state index contributed by atoms with van der Waals surface area (Å²) < 4.78 is 0. The van der Waals surface area contributed by atoms with Gasteiger partial charge in [0.15, 0.2) is 0 Å². The second kappa shape index (κ2) is 6.18. The van der Waals surface area contributed by atoms with Crippen LogP contribution < -0.4 is 0 Å². The van der Waals surface area contributed by atoms with Gasteiger partial charge in [0, 0.05) is 5.25 Å². The fourth-order valence-electron chi connectivity index (χ4n) is 3.34. The maximum absolute atomic E-state index is 4.63. The summed E-state index contributed by atoms with van der Waals surface area (Å²) in [5.74, 6) is 3.70. The van der Waals surface area contributed by atoms with E-state index in [9.17, 15) is 0 Å². The summed E-state index contributed by atoms with van der Waals surface area (Å²) in [6.45, 7) is 9.34. The fourth-order valence-corrected chi connectivity index (χ4v) is 3.66. The lowest BCUT2D eigenvalue weighted by molar-refractivity contribution is 0.0246. The first-order chi connectivity index (χ1) is 7.07. The van der Waals surface area contributed by atoms with E-state index < -0.39 is 0 Å². The predicted octanol–water partition coefficient (Wildman–Crippen LogP) is 4.79. The Morgan fingerprint density at radius 3 is 2.33 bits per heavy atom. The Labute approximate surface area is 102 Å². The van der Waals surface area contributed by atoms with Gasteiger partial charge in [-0.2, -0.15) is 12.6 Å². The lowest BCUT2D eigenvalue weighted by Crippen LogP contribution is -2.43. The van der Waals surface area contributed by atoms with E-state index in [1.54, 1.807) is 0 Å². The molecule has 1 aliphatic rings. The van der Waals surface area contributed by atoms with Crippen molar-refractivity contribution in [2.75, 3.05) is 0 Å². The Morgan fingerprint density at radius 2 is 1.87 bits per heavy atom. The average Bonchev–Trinajstić information content (AvgIpc) is 2.07. The molecule has 0 bridgehead atoms. The van der Waals surface area contributed by atoms with Crippen molar-refractivity contribution in [1.29, 1.82) is 0 Å². The van der Waals surface area contributed by atoms with E-state index in [0.717, 1.165) is 23.7 Å². The van der Waals surface area contributed by atoms with Crippen LogP contribution >= 0.6 is 12.6 Å².